The number of nitrogens with one attached hydrogen (secondary N) is 1. The van der Waals surface area contributed by atoms with E-state index in [0.717, 1.165) is 11.1 Å². The Hall–Kier alpha value is -2.65. The van der Waals surface area contributed by atoms with Gasteiger partial charge in [0.2, 0.25) is 15.9 Å². The van der Waals surface area contributed by atoms with Crippen molar-refractivity contribution in [2.45, 2.75) is 44.6 Å². The lowest BCUT2D eigenvalue weighted by molar-refractivity contribution is -0.119. The van der Waals surface area contributed by atoms with Crippen LogP contribution in [0.15, 0.2) is 35.4 Å². The molecular formula is C21H27N3O5S. The fourth-order valence-corrected chi connectivity index (χ4v) is 5.41. The van der Waals surface area contributed by atoms with Crippen LogP contribution < -0.4 is 5.32 Å². The van der Waals surface area contributed by atoms with Gasteiger partial charge in [-0.2, -0.15) is 4.31 Å². The Bertz CT molecular complexity index is 1070. The van der Waals surface area contributed by atoms with Gasteiger partial charge in [0.05, 0.1) is 6.61 Å². The van der Waals surface area contributed by atoms with Crippen molar-refractivity contribution in [1.82, 2.24) is 8.87 Å². The maximum atomic E-state index is 13.2. The Morgan fingerprint density at radius 1 is 1.23 bits per heavy atom. The third-order valence-corrected chi connectivity index (χ3v) is 7.09. The van der Waals surface area contributed by atoms with Gasteiger partial charge < -0.3 is 14.6 Å². The zero-order valence-corrected chi connectivity index (χ0v) is 18.5. The van der Waals surface area contributed by atoms with Gasteiger partial charge in [-0.1, -0.05) is 17.7 Å². The van der Waals surface area contributed by atoms with E-state index in [0.29, 0.717) is 18.5 Å². The van der Waals surface area contributed by atoms with Gasteiger partial charge in [-0.3, -0.25) is 4.79 Å². The maximum absolute atomic E-state index is 13.2. The van der Waals surface area contributed by atoms with E-state index in [4.69, 9.17) is 4.74 Å². The average molecular weight is 434 g/mol. The van der Waals surface area contributed by atoms with E-state index >= 15 is 0 Å². The first-order valence-corrected chi connectivity index (χ1v) is 11.3. The first kappa shape index (κ1) is 22.0. The first-order valence-electron chi connectivity index (χ1n) is 9.88. The molecule has 30 heavy (non-hydrogen) atoms. The summed E-state index contributed by atoms with van der Waals surface area (Å²) in [4.78, 5) is 24.9. The van der Waals surface area contributed by atoms with E-state index in [9.17, 15) is 18.0 Å². The summed E-state index contributed by atoms with van der Waals surface area (Å²) in [5.41, 5.74) is 2.81. The molecule has 1 aliphatic rings. The molecule has 1 N–H and O–H groups in total. The van der Waals surface area contributed by atoms with Crippen molar-refractivity contribution in [3.8, 4) is 0 Å². The number of nitrogens with zero attached hydrogens (tertiary/aromatic N) is 2. The number of rotatable bonds is 6. The van der Waals surface area contributed by atoms with Crippen LogP contribution in [0.5, 0.6) is 0 Å². The molecule has 1 aromatic heterocycles. The van der Waals surface area contributed by atoms with Crippen LogP contribution in [0.2, 0.25) is 0 Å². The third kappa shape index (κ3) is 4.27. The molecule has 0 spiro atoms. The highest BCUT2D eigenvalue weighted by Crippen LogP contribution is 2.28. The van der Waals surface area contributed by atoms with Crippen LogP contribution in [0, 0.1) is 13.8 Å². The number of carbonyl (C=O) groups excluding carboxylic acids is 2. The fourth-order valence-electron chi connectivity index (χ4n) is 3.68. The molecular weight excluding hydrogens is 406 g/mol. The van der Waals surface area contributed by atoms with Crippen LogP contribution in [0.3, 0.4) is 0 Å². The number of aromatic nitrogens is 1. The van der Waals surface area contributed by atoms with E-state index in [2.05, 4.69) is 5.32 Å². The smallest absolute Gasteiger partial charge is 0.354 e. The molecule has 0 aliphatic carbocycles. The summed E-state index contributed by atoms with van der Waals surface area (Å²) in [5.74, 6) is -0.948. The summed E-state index contributed by atoms with van der Waals surface area (Å²) >= 11 is 0. The highest BCUT2D eigenvalue weighted by atomic mass is 32.2. The van der Waals surface area contributed by atoms with Gasteiger partial charge in [0, 0.05) is 25.5 Å². The molecule has 0 bridgehead atoms. The van der Waals surface area contributed by atoms with Gasteiger partial charge in [0.25, 0.3) is 0 Å². The van der Waals surface area contributed by atoms with E-state index in [1.54, 1.807) is 14.0 Å². The van der Waals surface area contributed by atoms with Crippen LogP contribution in [-0.4, -0.2) is 48.4 Å². The van der Waals surface area contributed by atoms with Crippen molar-refractivity contribution >= 4 is 27.6 Å². The number of sulfonamides is 1. The summed E-state index contributed by atoms with van der Waals surface area (Å²) in [7, 11) is -2.37. The van der Waals surface area contributed by atoms with E-state index in [-0.39, 0.29) is 29.6 Å². The summed E-state index contributed by atoms with van der Waals surface area (Å²) in [6.07, 6.45) is 2.40. The standard InChI is InChI=1S/C21H27N3O5S/c1-5-29-21(26)19-12-16(13-23(19)4)30(27,28)24-10-6-7-18(24)20(25)22-17-9-8-14(2)11-15(17)3/h8-9,11-13,18H,5-7,10H2,1-4H3,(H,22,25)/t18-/m0/s1. The van der Waals surface area contributed by atoms with E-state index in [1.807, 2.05) is 32.0 Å². The van der Waals surface area contributed by atoms with Crippen LogP contribution >= 0.6 is 0 Å². The summed E-state index contributed by atoms with van der Waals surface area (Å²) < 4.78 is 34.1. The van der Waals surface area contributed by atoms with Crippen LogP contribution in [0.1, 0.15) is 41.4 Å². The zero-order chi connectivity index (χ0) is 22.1. The molecule has 0 saturated carbocycles. The molecule has 1 aliphatic heterocycles. The average Bonchev–Trinajstić information content (AvgIpc) is 3.32. The van der Waals surface area contributed by atoms with Crippen LogP contribution in [0.4, 0.5) is 5.69 Å². The molecule has 1 atom stereocenters. The topological polar surface area (TPSA) is 97.7 Å². The van der Waals surface area contributed by atoms with E-state index in [1.165, 1.54) is 21.1 Å². The molecule has 9 heteroatoms. The SMILES string of the molecule is CCOC(=O)c1cc(S(=O)(=O)N2CCC[C@H]2C(=O)Nc2ccc(C)cc2C)cn1C. The molecule has 1 aromatic carbocycles. The van der Waals surface area contributed by atoms with Crippen molar-refractivity contribution in [3.05, 3.63) is 47.3 Å². The first-order chi connectivity index (χ1) is 14.1. The lowest BCUT2D eigenvalue weighted by Gasteiger charge is -2.23. The van der Waals surface area contributed by atoms with Gasteiger partial charge in [0.15, 0.2) is 0 Å². The lowest BCUT2D eigenvalue weighted by atomic mass is 10.1. The fraction of sp³-hybridized carbons (Fsp3) is 0.429. The second kappa shape index (κ2) is 8.61. The molecule has 162 valence electrons. The van der Waals surface area contributed by atoms with Crippen LogP contribution in [-0.2, 0) is 26.6 Å². The number of hydrogen-bond acceptors (Lipinski definition) is 5. The third-order valence-electron chi connectivity index (χ3n) is 5.22. The monoisotopic (exact) mass is 433 g/mol. The van der Waals surface area contributed by atoms with Gasteiger partial charge in [-0.25, -0.2) is 13.2 Å². The summed E-state index contributed by atoms with van der Waals surface area (Å²) in [5, 5.41) is 2.86. The molecule has 1 saturated heterocycles. The van der Waals surface area contributed by atoms with Crippen molar-refractivity contribution in [2.75, 3.05) is 18.5 Å². The number of benzene rings is 1. The van der Waals surface area contributed by atoms with Crippen molar-refractivity contribution in [3.63, 3.8) is 0 Å². The molecule has 0 radical (unpaired) electrons. The minimum absolute atomic E-state index is 0.0285. The number of anilines is 1. The predicted molar refractivity (Wildman–Crippen MR) is 113 cm³/mol. The van der Waals surface area contributed by atoms with Gasteiger partial charge in [-0.15, -0.1) is 0 Å². The van der Waals surface area contributed by atoms with E-state index < -0.39 is 22.0 Å². The molecule has 0 unspecified atom stereocenters. The molecule has 8 nitrogen and oxygen atoms in total. The zero-order valence-electron chi connectivity index (χ0n) is 17.6. The van der Waals surface area contributed by atoms with Gasteiger partial charge >= 0.3 is 5.97 Å². The highest BCUT2D eigenvalue weighted by molar-refractivity contribution is 7.89. The maximum Gasteiger partial charge on any atom is 0.354 e. The Labute approximate surface area is 176 Å². The minimum Gasteiger partial charge on any atom is -0.461 e. The minimum atomic E-state index is -3.95. The van der Waals surface area contributed by atoms with Crippen molar-refractivity contribution < 1.29 is 22.7 Å². The predicted octanol–water partition coefficient (Wildman–Crippen LogP) is 2.61. The number of carbonyl (C=O) groups is 2. The second-order valence-electron chi connectivity index (χ2n) is 7.47. The van der Waals surface area contributed by atoms with Crippen molar-refractivity contribution in [1.29, 1.82) is 0 Å². The van der Waals surface area contributed by atoms with Crippen LogP contribution in [0.25, 0.3) is 0 Å². The summed E-state index contributed by atoms with van der Waals surface area (Å²) in [6, 6.07) is 6.16. The Morgan fingerprint density at radius 3 is 2.63 bits per heavy atom. The number of aryl methyl sites for hydroxylation is 3. The molecule has 1 fully saturated rings. The second-order valence-corrected chi connectivity index (χ2v) is 9.36. The molecule has 2 heterocycles. The number of hydrogen-bond donors (Lipinski definition) is 1. The molecule has 1 amide bonds. The van der Waals surface area contributed by atoms with Gasteiger partial charge in [0.1, 0.15) is 16.6 Å². The normalized spacial score (nSPS) is 17.1. The number of esters is 1. The highest BCUT2D eigenvalue weighted by Gasteiger charge is 2.40. The van der Waals surface area contributed by atoms with Crippen molar-refractivity contribution in [2.24, 2.45) is 7.05 Å². The quantitative estimate of drug-likeness (QED) is 0.706. The largest absolute Gasteiger partial charge is 0.461 e. The Balaban J connectivity index is 1.84. The van der Waals surface area contributed by atoms with Gasteiger partial charge in [-0.05, 0) is 51.3 Å². The lowest BCUT2D eigenvalue weighted by Crippen LogP contribution is -2.43. The summed E-state index contributed by atoms with van der Waals surface area (Å²) in [6.45, 7) is 5.98. The number of ether oxygens (including phenoxy) is 1. The molecule has 2 aromatic rings. The molecule has 3 rings (SSSR count). The Morgan fingerprint density at radius 2 is 1.97 bits per heavy atom. The Kier molecular flexibility index (Phi) is 6.33. The number of amides is 1.